The van der Waals surface area contributed by atoms with E-state index in [1.807, 2.05) is 34.5 Å². The van der Waals surface area contributed by atoms with Gasteiger partial charge in [-0.2, -0.15) is 0 Å². The van der Waals surface area contributed by atoms with Gasteiger partial charge < -0.3 is 9.80 Å². The Kier molecular flexibility index (Phi) is 4.53. The van der Waals surface area contributed by atoms with Crippen molar-refractivity contribution < 1.29 is 9.59 Å². The molecule has 25 heavy (non-hydrogen) atoms. The van der Waals surface area contributed by atoms with E-state index in [9.17, 15) is 9.59 Å². The molecule has 0 radical (unpaired) electrons. The number of thiazole rings is 1. The Morgan fingerprint density at radius 2 is 2.12 bits per heavy atom. The third-order valence-corrected chi connectivity index (χ3v) is 5.92. The quantitative estimate of drug-likeness (QED) is 0.850. The Labute approximate surface area is 151 Å². The fraction of sp³-hybridized carbons (Fsp3) is 0.421. The molecule has 0 aliphatic carbocycles. The molecule has 0 spiro atoms. The Morgan fingerprint density at radius 3 is 2.96 bits per heavy atom. The summed E-state index contributed by atoms with van der Waals surface area (Å²) < 4.78 is 0. The lowest BCUT2D eigenvalue weighted by Crippen LogP contribution is -2.47. The van der Waals surface area contributed by atoms with Gasteiger partial charge in [-0.3, -0.25) is 9.59 Å². The van der Waals surface area contributed by atoms with Gasteiger partial charge in [0.05, 0.1) is 6.04 Å². The molecular weight excluding hydrogens is 334 g/mol. The van der Waals surface area contributed by atoms with E-state index < -0.39 is 0 Å². The van der Waals surface area contributed by atoms with Crippen molar-refractivity contribution in [2.75, 3.05) is 18.0 Å². The molecule has 2 amide bonds. The van der Waals surface area contributed by atoms with Gasteiger partial charge in [0.15, 0.2) is 0 Å². The molecule has 4 rings (SSSR count). The number of nitrogens with zero attached hydrogens (tertiary/aromatic N) is 3. The second-order valence-electron chi connectivity index (χ2n) is 6.58. The molecular formula is C19H21N3O2S. The van der Waals surface area contributed by atoms with Gasteiger partial charge >= 0.3 is 0 Å². The second-order valence-corrected chi connectivity index (χ2v) is 7.50. The number of para-hydroxylation sites is 1. The first kappa shape index (κ1) is 16.3. The van der Waals surface area contributed by atoms with Crippen LogP contribution in [0.2, 0.25) is 0 Å². The fourth-order valence-corrected chi connectivity index (χ4v) is 4.57. The standard InChI is InChI=1S/C19H21N3O2S/c23-17-9-8-14-5-1-2-6-15(14)22(17)13-18(24)21-11-4-3-7-16(21)19-20-10-12-25-19/h1-2,5-6,10,12,16H,3-4,7-9,11,13H2/t16-/m0/s1. The van der Waals surface area contributed by atoms with Crippen LogP contribution in [0.1, 0.15) is 42.3 Å². The largest absolute Gasteiger partial charge is 0.332 e. The first-order chi connectivity index (χ1) is 12.2. The number of anilines is 1. The van der Waals surface area contributed by atoms with Crippen LogP contribution in [0.25, 0.3) is 0 Å². The van der Waals surface area contributed by atoms with Crippen molar-refractivity contribution in [1.82, 2.24) is 9.88 Å². The predicted octanol–water partition coefficient (Wildman–Crippen LogP) is 3.18. The summed E-state index contributed by atoms with van der Waals surface area (Å²) in [5.74, 6) is 0.0554. The number of hydrogen-bond donors (Lipinski definition) is 0. The normalized spacial score (nSPS) is 20.5. The first-order valence-electron chi connectivity index (χ1n) is 8.81. The van der Waals surface area contributed by atoms with Gasteiger partial charge in [-0.05, 0) is 37.3 Å². The highest BCUT2D eigenvalue weighted by Gasteiger charge is 2.33. The van der Waals surface area contributed by atoms with Crippen LogP contribution in [0.5, 0.6) is 0 Å². The minimum atomic E-state index is 0.0185. The summed E-state index contributed by atoms with van der Waals surface area (Å²) >= 11 is 1.60. The molecule has 2 aliphatic heterocycles. The van der Waals surface area contributed by atoms with Crippen LogP contribution in [-0.4, -0.2) is 34.8 Å². The lowest BCUT2D eigenvalue weighted by Gasteiger charge is -2.37. The summed E-state index contributed by atoms with van der Waals surface area (Å²) in [5, 5.41) is 2.95. The number of aryl methyl sites for hydroxylation is 1. The van der Waals surface area contributed by atoms with Crippen LogP contribution in [0.3, 0.4) is 0 Å². The minimum absolute atomic E-state index is 0.0185. The molecule has 0 unspecified atom stereocenters. The summed E-state index contributed by atoms with van der Waals surface area (Å²) in [6, 6.07) is 7.94. The molecule has 2 aliphatic rings. The van der Waals surface area contributed by atoms with E-state index in [4.69, 9.17) is 0 Å². The number of piperidine rings is 1. The first-order valence-corrected chi connectivity index (χ1v) is 9.69. The number of likely N-dealkylation sites (tertiary alicyclic amines) is 1. The van der Waals surface area contributed by atoms with Crippen molar-refractivity contribution in [2.45, 2.75) is 38.1 Å². The van der Waals surface area contributed by atoms with Crippen molar-refractivity contribution in [2.24, 2.45) is 0 Å². The number of hydrogen-bond acceptors (Lipinski definition) is 4. The molecule has 1 saturated heterocycles. The van der Waals surface area contributed by atoms with E-state index in [-0.39, 0.29) is 24.4 Å². The molecule has 6 heteroatoms. The number of carbonyl (C=O) groups excluding carboxylic acids is 2. The van der Waals surface area contributed by atoms with E-state index in [1.54, 1.807) is 22.4 Å². The monoisotopic (exact) mass is 355 g/mol. The molecule has 1 aromatic heterocycles. The Morgan fingerprint density at radius 1 is 1.24 bits per heavy atom. The van der Waals surface area contributed by atoms with E-state index in [0.29, 0.717) is 6.42 Å². The van der Waals surface area contributed by atoms with Crippen molar-refractivity contribution in [3.63, 3.8) is 0 Å². The van der Waals surface area contributed by atoms with E-state index in [2.05, 4.69) is 4.98 Å². The minimum Gasteiger partial charge on any atom is -0.332 e. The van der Waals surface area contributed by atoms with Crippen molar-refractivity contribution in [1.29, 1.82) is 0 Å². The van der Waals surface area contributed by atoms with Crippen molar-refractivity contribution in [3.8, 4) is 0 Å². The van der Waals surface area contributed by atoms with Gasteiger partial charge in [0.25, 0.3) is 0 Å². The van der Waals surface area contributed by atoms with Crippen LogP contribution >= 0.6 is 11.3 Å². The fourth-order valence-electron chi connectivity index (χ4n) is 3.78. The Hall–Kier alpha value is -2.21. The van der Waals surface area contributed by atoms with E-state index in [0.717, 1.165) is 48.5 Å². The molecule has 1 aromatic carbocycles. The maximum Gasteiger partial charge on any atom is 0.243 e. The van der Waals surface area contributed by atoms with Crippen LogP contribution in [0.15, 0.2) is 35.8 Å². The predicted molar refractivity (Wildman–Crippen MR) is 97.5 cm³/mol. The van der Waals surface area contributed by atoms with Crippen LogP contribution < -0.4 is 4.90 Å². The molecule has 3 heterocycles. The molecule has 1 fully saturated rings. The smallest absolute Gasteiger partial charge is 0.243 e. The van der Waals surface area contributed by atoms with Crippen LogP contribution in [-0.2, 0) is 16.0 Å². The molecule has 0 N–H and O–H groups in total. The third kappa shape index (κ3) is 3.18. The molecule has 1 atom stereocenters. The second kappa shape index (κ2) is 6.96. The molecule has 5 nitrogen and oxygen atoms in total. The Bertz CT molecular complexity index is 775. The summed E-state index contributed by atoms with van der Waals surface area (Å²) in [6.07, 6.45) is 6.09. The summed E-state index contributed by atoms with van der Waals surface area (Å²) in [7, 11) is 0. The van der Waals surface area contributed by atoms with Gasteiger partial charge in [0, 0.05) is 30.2 Å². The number of amides is 2. The van der Waals surface area contributed by atoms with Gasteiger partial charge in [0.1, 0.15) is 11.6 Å². The zero-order valence-corrected chi connectivity index (χ0v) is 14.9. The number of aromatic nitrogens is 1. The summed E-state index contributed by atoms with van der Waals surface area (Å²) in [4.78, 5) is 33.5. The lowest BCUT2D eigenvalue weighted by atomic mass is 10.0. The van der Waals surface area contributed by atoms with Crippen molar-refractivity contribution >= 4 is 28.8 Å². The maximum atomic E-state index is 13.0. The van der Waals surface area contributed by atoms with Crippen molar-refractivity contribution in [3.05, 3.63) is 46.4 Å². The van der Waals surface area contributed by atoms with Gasteiger partial charge in [0.2, 0.25) is 11.8 Å². The highest BCUT2D eigenvalue weighted by molar-refractivity contribution is 7.09. The number of fused-ring (bicyclic) bond motifs is 1. The molecule has 0 bridgehead atoms. The molecule has 0 saturated carbocycles. The van der Waals surface area contributed by atoms with E-state index in [1.165, 1.54) is 0 Å². The number of carbonyl (C=O) groups is 2. The molecule has 2 aromatic rings. The van der Waals surface area contributed by atoms with E-state index >= 15 is 0 Å². The maximum absolute atomic E-state index is 13.0. The zero-order chi connectivity index (χ0) is 17.2. The highest BCUT2D eigenvalue weighted by Crippen LogP contribution is 2.33. The molecule has 130 valence electrons. The average molecular weight is 355 g/mol. The summed E-state index contributed by atoms with van der Waals surface area (Å²) in [5.41, 5.74) is 2.03. The van der Waals surface area contributed by atoms with Gasteiger partial charge in [-0.15, -0.1) is 11.3 Å². The topological polar surface area (TPSA) is 53.5 Å². The Balaban J connectivity index is 1.56. The van der Waals surface area contributed by atoms with Gasteiger partial charge in [-0.1, -0.05) is 18.2 Å². The summed E-state index contributed by atoms with van der Waals surface area (Å²) in [6.45, 7) is 0.866. The SMILES string of the molecule is O=C1CCc2ccccc2N1CC(=O)N1CCCC[C@H]1c1nccs1. The number of rotatable bonds is 3. The lowest BCUT2D eigenvalue weighted by molar-refractivity contribution is -0.135. The number of benzene rings is 1. The average Bonchev–Trinajstić information content (AvgIpc) is 3.18. The third-order valence-electron chi connectivity index (χ3n) is 5.04. The highest BCUT2D eigenvalue weighted by atomic mass is 32.1. The zero-order valence-electron chi connectivity index (χ0n) is 14.1. The van der Waals surface area contributed by atoms with Crippen LogP contribution in [0.4, 0.5) is 5.69 Å². The van der Waals surface area contributed by atoms with Gasteiger partial charge in [-0.25, -0.2) is 4.98 Å². The van der Waals surface area contributed by atoms with Crippen LogP contribution in [0, 0.1) is 0 Å².